The van der Waals surface area contributed by atoms with Crippen LogP contribution in [0.25, 0.3) is 11.0 Å². The van der Waals surface area contributed by atoms with Gasteiger partial charge in [-0.2, -0.15) is 0 Å². The van der Waals surface area contributed by atoms with Gasteiger partial charge in [0.1, 0.15) is 5.76 Å². The Morgan fingerprint density at radius 1 is 1.00 bits per heavy atom. The van der Waals surface area contributed by atoms with Gasteiger partial charge in [0.15, 0.2) is 5.58 Å². The highest BCUT2D eigenvalue weighted by Gasteiger charge is 2.20. The number of carbonyl (C=O) groups excluding carboxylic acids is 2. The van der Waals surface area contributed by atoms with E-state index >= 15 is 0 Å². The van der Waals surface area contributed by atoms with Crippen molar-refractivity contribution in [1.82, 2.24) is 4.98 Å². The number of carbonyl (C=O) groups is 2. The molecule has 156 valence electrons. The minimum absolute atomic E-state index is 0.113. The molecule has 8 heteroatoms. The van der Waals surface area contributed by atoms with Crippen molar-refractivity contribution in [3.63, 3.8) is 0 Å². The fourth-order valence-electron chi connectivity index (χ4n) is 3.31. The average molecular weight is 454 g/mol. The smallest absolute Gasteiger partial charge is 0.258 e. The third kappa shape index (κ3) is 4.40. The van der Waals surface area contributed by atoms with Gasteiger partial charge < -0.3 is 15.1 Å². The van der Waals surface area contributed by atoms with Gasteiger partial charge in [-0.05, 0) is 37.3 Å². The van der Waals surface area contributed by atoms with Crippen molar-refractivity contribution in [2.45, 2.75) is 13.3 Å². The van der Waals surface area contributed by atoms with Crippen molar-refractivity contribution in [3.05, 3.63) is 87.9 Å². The maximum Gasteiger partial charge on any atom is 0.258 e. The molecule has 0 aliphatic heterocycles. The van der Waals surface area contributed by atoms with Crippen LogP contribution in [0.2, 0.25) is 10.0 Å². The van der Waals surface area contributed by atoms with Gasteiger partial charge in [0.2, 0.25) is 5.91 Å². The van der Waals surface area contributed by atoms with E-state index in [9.17, 15) is 9.59 Å². The van der Waals surface area contributed by atoms with E-state index < -0.39 is 5.91 Å². The molecule has 4 aromatic rings. The van der Waals surface area contributed by atoms with Gasteiger partial charge in [0, 0.05) is 17.1 Å². The third-order valence-corrected chi connectivity index (χ3v) is 5.37. The Bertz CT molecular complexity index is 1270. The van der Waals surface area contributed by atoms with Crippen molar-refractivity contribution in [2.75, 3.05) is 10.6 Å². The summed E-state index contributed by atoms with van der Waals surface area (Å²) in [4.78, 5) is 29.3. The molecule has 2 N–H and O–H groups in total. The number of aromatic nitrogens is 1. The lowest BCUT2D eigenvalue weighted by molar-refractivity contribution is -0.115. The summed E-state index contributed by atoms with van der Waals surface area (Å²) < 4.78 is 5.91. The molecule has 4 rings (SSSR count). The van der Waals surface area contributed by atoms with E-state index in [-0.39, 0.29) is 27.9 Å². The summed E-state index contributed by atoms with van der Waals surface area (Å²) in [5.74, 6) is -0.0575. The number of hydrogen-bond donors (Lipinski definition) is 2. The van der Waals surface area contributed by atoms with Gasteiger partial charge in [0.25, 0.3) is 5.91 Å². The molecule has 0 radical (unpaired) electrons. The zero-order valence-electron chi connectivity index (χ0n) is 16.4. The van der Waals surface area contributed by atoms with Gasteiger partial charge in [-0.25, -0.2) is 0 Å². The number of nitrogens with one attached hydrogen (secondary N) is 2. The standard InChI is InChI=1S/C23H17Cl2N3O3/c1-13-16(11-20(29)27-14-5-4-10-26-12-14)15-6-2-9-19(22(15)31-13)28-23(30)21-17(24)7-3-8-18(21)25/h2-10,12H,11H2,1H3,(H,27,29)(H,28,30). The number of para-hydroxylation sites is 1. The lowest BCUT2D eigenvalue weighted by Gasteiger charge is -2.09. The molecule has 0 fully saturated rings. The highest BCUT2D eigenvalue weighted by Crippen LogP contribution is 2.33. The molecule has 0 aliphatic rings. The minimum atomic E-state index is -0.451. The maximum absolute atomic E-state index is 12.8. The van der Waals surface area contributed by atoms with E-state index in [0.717, 1.165) is 10.9 Å². The molecule has 2 aromatic heterocycles. The van der Waals surface area contributed by atoms with E-state index in [1.165, 1.54) is 0 Å². The van der Waals surface area contributed by atoms with Crippen LogP contribution in [0.1, 0.15) is 21.7 Å². The second kappa shape index (κ2) is 8.79. The molecule has 0 saturated carbocycles. The normalized spacial score (nSPS) is 10.8. The van der Waals surface area contributed by atoms with Gasteiger partial charge >= 0.3 is 0 Å². The van der Waals surface area contributed by atoms with Gasteiger partial charge in [0.05, 0.1) is 39.6 Å². The number of fused-ring (bicyclic) bond motifs is 1. The van der Waals surface area contributed by atoms with Crippen LogP contribution in [-0.2, 0) is 11.2 Å². The first-order chi connectivity index (χ1) is 14.9. The van der Waals surface area contributed by atoms with Crippen LogP contribution in [0, 0.1) is 6.92 Å². The summed E-state index contributed by atoms with van der Waals surface area (Å²) in [6.45, 7) is 1.78. The Morgan fingerprint density at radius 2 is 1.74 bits per heavy atom. The number of halogens is 2. The van der Waals surface area contributed by atoms with Crippen LogP contribution < -0.4 is 10.6 Å². The summed E-state index contributed by atoms with van der Waals surface area (Å²) in [6.07, 6.45) is 3.32. The monoisotopic (exact) mass is 453 g/mol. The molecule has 31 heavy (non-hydrogen) atoms. The topological polar surface area (TPSA) is 84.2 Å². The number of amides is 2. The molecule has 2 aromatic carbocycles. The van der Waals surface area contributed by atoms with Crippen LogP contribution in [0.4, 0.5) is 11.4 Å². The molecule has 2 amide bonds. The molecule has 0 atom stereocenters. The molecular weight excluding hydrogens is 437 g/mol. The molecular formula is C23H17Cl2N3O3. The highest BCUT2D eigenvalue weighted by atomic mass is 35.5. The summed E-state index contributed by atoms with van der Waals surface area (Å²) >= 11 is 12.3. The van der Waals surface area contributed by atoms with E-state index in [2.05, 4.69) is 15.6 Å². The first-order valence-electron chi connectivity index (χ1n) is 9.40. The van der Waals surface area contributed by atoms with E-state index in [4.69, 9.17) is 27.6 Å². The lowest BCUT2D eigenvalue weighted by Crippen LogP contribution is -2.15. The molecule has 0 saturated heterocycles. The number of benzene rings is 2. The summed E-state index contributed by atoms with van der Waals surface area (Å²) in [7, 11) is 0. The van der Waals surface area contributed by atoms with Gasteiger partial charge in [-0.1, -0.05) is 41.4 Å². The fourth-order valence-corrected chi connectivity index (χ4v) is 3.88. The molecule has 0 bridgehead atoms. The van der Waals surface area contributed by atoms with Crippen molar-refractivity contribution >= 4 is 57.4 Å². The largest absolute Gasteiger partial charge is 0.459 e. The average Bonchev–Trinajstić information content (AvgIpc) is 3.05. The Balaban J connectivity index is 1.61. The number of nitrogens with zero attached hydrogens (tertiary/aromatic N) is 1. The zero-order valence-corrected chi connectivity index (χ0v) is 17.9. The Kier molecular flexibility index (Phi) is 5.93. The SMILES string of the molecule is Cc1oc2c(NC(=O)c3c(Cl)cccc3Cl)cccc2c1CC(=O)Nc1cccnc1. The van der Waals surface area contributed by atoms with Gasteiger partial charge in [-0.3, -0.25) is 14.6 Å². The predicted molar refractivity (Wildman–Crippen MR) is 122 cm³/mol. The number of pyridine rings is 1. The number of anilines is 2. The Hall–Kier alpha value is -3.35. The quantitative estimate of drug-likeness (QED) is 0.395. The Morgan fingerprint density at radius 3 is 2.45 bits per heavy atom. The van der Waals surface area contributed by atoms with Crippen LogP contribution in [0.5, 0.6) is 0 Å². The highest BCUT2D eigenvalue weighted by molar-refractivity contribution is 6.40. The van der Waals surface area contributed by atoms with Crippen LogP contribution in [-0.4, -0.2) is 16.8 Å². The predicted octanol–water partition coefficient (Wildman–Crippen LogP) is 5.88. The van der Waals surface area contributed by atoms with Gasteiger partial charge in [-0.15, -0.1) is 0 Å². The van der Waals surface area contributed by atoms with Crippen molar-refractivity contribution < 1.29 is 14.0 Å². The van der Waals surface area contributed by atoms with Crippen molar-refractivity contribution in [2.24, 2.45) is 0 Å². The van der Waals surface area contributed by atoms with E-state index in [1.54, 1.807) is 61.8 Å². The van der Waals surface area contributed by atoms with Crippen LogP contribution in [0.15, 0.2) is 65.3 Å². The number of rotatable bonds is 5. The molecule has 0 aliphatic carbocycles. The summed E-state index contributed by atoms with van der Waals surface area (Å²) in [5, 5.41) is 6.86. The number of hydrogen-bond acceptors (Lipinski definition) is 4. The first-order valence-corrected chi connectivity index (χ1v) is 10.2. The zero-order chi connectivity index (χ0) is 22.0. The Labute approximate surface area is 188 Å². The fraction of sp³-hybridized carbons (Fsp3) is 0.0870. The van der Waals surface area contributed by atoms with E-state index in [1.807, 2.05) is 6.07 Å². The van der Waals surface area contributed by atoms with Crippen molar-refractivity contribution in [1.29, 1.82) is 0 Å². The van der Waals surface area contributed by atoms with Crippen molar-refractivity contribution in [3.8, 4) is 0 Å². The third-order valence-electron chi connectivity index (χ3n) is 4.74. The first kappa shape index (κ1) is 20.9. The lowest BCUT2D eigenvalue weighted by atomic mass is 10.1. The second-order valence-corrected chi connectivity index (χ2v) is 7.65. The number of furan rings is 1. The van der Waals surface area contributed by atoms with E-state index in [0.29, 0.717) is 22.7 Å². The maximum atomic E-state index is 12.8. The summed E-state index contributed by atoms with van der Waals surface area (Å²) in [5.41, 5.74) is 2.47. The molecule has 0 spiro atoms. The summed E-state index contributed by atoms with van der Waals surface area (Å²) in [6, 6.07) is 13.7. The number of aryl methyl sites for hydroxylation is 1. The second-order valence-electron chi connectivity index (χ2n) is 6.84. The molecule has 0 unspecified atom stereocenters. The molecule has 2 heterocycles. The van der Waals surface area contributed by atoms with Crippen LogP contribution >= 0.6 is 23.2 Å². The minimum Gasteiger partial charge on any atom is -0.459 e. The van der Waals surface area contributed by atoms with Crippen LogP contribution in [0.3, 0.4) is 0 Å². The molecule has 6 nitrogen and oxygen atoms in total.